The van der Waals surface area contributed by atoms with E-state index in [1.807, 2.05) is 4.90 Å². The predicted molar refractivity (Wildman–Crippen MR) is 85.2 cm³/mol. The lowest BCUT2D eigenvalue weighted by atomic mass is 10.1. The topological polar surface area (TPSA) is 56.7 Å². The van der Waals surface area contributed by atoms with Crippen LogP contribution >= 0.6 is 11.3 Å². The lowest BCUT2D eigenvalue weighted by molar-refractivity contribution is 0.0317. The van der Waals surface area contributed by atoms with E-state index in [1.54, 1.807) is 17.5 Å². The van der Waals surface area contributed by atoms with E-state index in [0.29, 0.717) is 12.0 Å². The third-order valence-corrected chi connectivity index (χ3v) is 6.32. The van der Waals surface area contributed by atoms with E-state index in [1.165, 1.54) is 12.8 Å². The molecular weight excluding hydrogens is 298 g/mol. The van der Waals surface area contributed by atoms with Gasteiger partial charge in [-0.05, 0) is 32.1 Å². The summed E-state index contributed by atoms with van der Waals surface area (Å²) in [5.41, 5.74) is 0. The zero-order valence-corrected chi connectivity index (χ0v) is 13.6. The van der Waals surface area contributed by atoms with Crippen LogP contribution in [0.25, 0.3) is 0 Å². The molecule has 2 aliphatic carbocycles. The van der Waals surface area contributed by atoms with Crippen LogP contribution in [0.3, 0.4) is 0 Å². The largest absolute Gasteiger partial charge is 0.391 e. The second-order valence-electron chi connectivity index (χ2n) is 6.73. The van der Waals surface area contributed by atoms with Gasteiger partial charge in [0, 0.05) is 38.1 Å². The lowest BCUT2D eigenvalue weighted by Gasteiger charge is -2.38. The highest BCUT2D eigenvalue weighted by Crippen LogP contribution is 2.41. The van der Waals surface area contributed by atoms with Gasteiger partial charge in [-0.25, -0.2) is 4.98 Å². The summed E-state index contributed by atoms with van der Waals surface area (Å²) >= 11 is 1.58. The smallest absolute Gasteiger partial charge is 0.265 e. The van der Waals surface area contributed by atoms with Gasteiger partial charge in [0.05, 0.1) is 17.3 Å². The summed E-state index contributed by atoms with van der Waals surface area (Å²) in [6, 6.07) is 0.308. The maximum absolute atomic E-state index is 12.6. The monoisotopic (exact) mass is 321 g/mol. The molecule has 1 aromatic heterocycles. The van der Waals surface area contributed by atoms with Crippen molar-refractivity contribution in [3.63, 3.8) is 0 Å². The zero-order chi connectivity index (χ0) is 15.1. The molecule has 22 heavy (non-hydrogen) atoms. The van der Waals surface area contributed by atoms with Crippen LogP contribution in [0.4, 0.5) is 0 Å². The van der Waals surface area contributed by atoms with Crippen molar-refractivity contribution in [2.75, 3.05) is 26.2 Å². The van der Waals surface area contributed by atoms with E-state index in [2.05, 4.69) is 9.88 Å². The fourth-order valence-corrected chi connectivity index (χ4v) is 4.72. The summed E-state index contributed by atoms with van der Waals surface area (Å²) in [6.45, 7) is 3.28. The number of nitrogens with zero attached hydrogens (tertiary/aromatic N) is 3. The Morgan fingerprint density at radius 1 is 1.18 bits per heavy atom. The first kappa shape index (κ1) is 14.6. The molecular formula is C16H23N3O2S. The van der Waals surface area contributed by atoms with Crippen molar-refractivity contribution in [1.29, 1.82) is 0 Å². The predicted octanol–water partition coefficient (Wildman–Crippen LogP) is 1.69. The number of carbonyl (C=O) groups is 1. The number of aromatic nitrogens is 1. The van der Waals surface area contributed by atoms with E-state index in [9.17, 15) is 9.90 Å². The Labute approximate surface area is 134 Å². The number of thiazole rings is 1. The number of amides is 1. The molecule has 5 nitrogen and oxygen atoms in total. The highest BCUT2D eigenvalue weighted by Gasteiger charge is 2.34. The molecule has 120 valence electrons. The molecule has 2 heterocycles. The number of rotatable bonds is 3. The van der Waals surface area contributed by atoms with Crippen LogP contribution < -0.4 is 0 Å². The Balaban J connectivity index is 1.35. The summed E-state index contributed by atoms with van der Waals surface area (Å²) < 4.78 is 0. The van der Waals surface area contributed by atoms with Crippen LogP contribution in [0, 0.1) is 0 Å². The van der Waals surface area contributed by atoms with Crippen LogP contribution in [-0.2, 0) is 0 Å². The Kier molecular flexibility index (Phi) is 3.92. The van der Waals surface area contributed by atoms with Crippen LogP contribution in [-0.4, -0.2) is 64.1 Å². The van der Waals surface area contributed by atoms with Gasteiger partial charge in [0.15, 0.2) is 0 Å². The quantitative estimate of drug-likeness (QED) is 0.920. The minimum absolute atomic E-state index is 0.135. The Morgan fingerprint density at radius 2 is 1.95 bits per heavy atom. The van der Waals surface area contributed by atoms with Gasteiger partial charge in [0.2, 0.25) is 0 Å². The van der Waals surface area contributed by atoms with Crippen LogP contribution in [0.2, 0.25) is 0 Å². The summed E-state index contributed by atoms with van der Waals surface area (Å²) in [5.74, 6) is 0.753. The van der Waals surface area contributed by atoms with Crippen LogP contribution in [0.15, 0.2) is 6.20 Å². The fourth-order valence-electron chi connectivity index (χ4n) is 3.66. The number of hydrogen-bond donors (Lipinski definition) is 1. The van der Waals surface area contributed by atoms with Crippen LogP contribution in [0.1, 0.15) is 52.7 Å². The number of aliphatic hydroxyl groups is 1. The first-order valence-corrected chi connectivity index (χ1v) is 9.21. The second kappa shape index (κ2) is 5.91. The maximum Gasteiger partial charge on any atom is 0.265 e. The Hall–Kier alpha value is -0.980. The van der Waals surface area contributed by atoms with E-state index >= 15 is 0 Å². The van der Waals surface area contributed by atoms with E-state index in [4.69, 9.17) is 0 Å². The molecule has 6 heteroatoms. The first-order chi connectivity index (χ1) is 10.7. The maximum atomic E-state index is 12.6. The van der Waals surface area contributed by atoms with Gasteiger partial charge >= 0.3 is 0 Å². The van der Waals surface area contributed by atoms with Gasteiger partial charge in [-0.2, -0.15) is 0 Å². The highest BCUT2D eigenvalue weighted by molar-refractivity contribution is 7.13. The molecule has 1 aliphatic heterocycles. The molecule has 0 aromatic carbocycles. The molecule has 0 radical (unpaired) electrons. The third-order valence-electron chi connectivity index (χ3n) is 5.18. The van der Waals surface area contributed by atoms with Gasteiger partial charge in [-0.15, -0.1) is 11.3 Å². The molecule has 2 saturated carbocycles. The number of hydrogen-bond acceptors (Lipinski definition) is 5. The lowest BCUT2D eigenvalue weighted by Crippen LogP contribution is -2.53. The van der Waals surface area contributed by atoms with Crippen molar-refractivity contribution in [2.45, 2.75) is 50.2 Å². The molecule has 1 aromatic rings. The van der Waals surface area contributed by atoms with Crippen LogP contribution in [0.5, 0.6) is 0 Å². The van der Waals surface area contributed by atoms with Crippen molar-refractivity contribution in [3.05, 3.63) is 16.1 Å². The van der Waals surface area contributed by atoms with Gasteiger partial charge in [0.1, 0.15) is 4.88 Å². The molecule has 0 bridgehead atoms. The Morgan fingerprint density at radius 3 is 2.59 bits per heavy atom. The first-order valence-electron chi connectivity index (χ1n) is 8.39. The van der Waals surface area contributed by atoms with Gasteiger partial charge in [0.25, 0.3) is 5.91 Å². The molecule has 0 spiro atoms. The van der Waals surface area contributed by atoms with Crippen molar-refractivity contribution < 1.29 is 9.90 Å². The number of carbonyl (C=O) groups excluding carboxylic acids is 1. The normalized spacial score (nSPS) is 30.0. The number of aliphatic hydroxyl groups excluding tert-OH is 1. The van der Waals surface area contributed by atoms with Crippen molar-refractivity contribution in [3.8, 4) is 0 Å². The van der Waals surface area contributed by atoms with Crippen molar-refractivity contribution >= 4 is 17.2 Å². The summed E-state index contributed by atoms with van der Waals surface area (Å²) in [4.78, 5) is 22.1. The SMILES string of the molecule is O=C(c1cnc(C2CC2)s1)N1CCN([C@@H]2CCC[C@@H]2O)CC1. The molecule has 2 atom stereocenters. The number of piperazine rings is 1. The molecule has 3 fully saturated rings. The van der Waals surface area contributed by atoms with Crippen molar-refractivity contribution in [1.82, 2.24) is 14.8 Å². The van der Waals surface area contributed by atoms with Gasteiger partial charge < -0.3 is 10.0 Å². The van der Waals surface area contributed by atoms with E-state index in [-0.39, 0.29) is 12.0 Å². The minimum Gasteiger partial charge on any atom is -0.391 e. The third kappa shape index (κ3) is 2.79. The minimum atomic E-state index is -0.176. The average Bonchev–Trinajstić information content (AvgIpc) is 3.12. The molecule has 1 amide bonds. The standard InChI is InChI=1S/C16H23N3O2S/c20-13-3-1-2-12(13)18-6-8-19(9-7-18)16(21)14-10-17-15(22-14)11-4-5-11/h10-13,20H,1-9H2/t12-,13+/m1/s1. The highest BCUT2D eigenvalue weighted by atomic mass is 32.1. The zero-order valence-electron chi connectivity index (χ0n) is 12.8. The van der Waals surface area contributed by atoms with E-state index < -0.39 is 0 Å². The molecule has 4 rings (SSSR count). The van der Waals surface area contributed by atoms with Crippen molar-refractivity contribution in [2.24, 2.45) is 0 Å². The molecule has 3 aliphatic rings. The summed E-state index contributed by atoms with van der Waals surface area (Å²) in [7, 11) is 0. The van der Waals surface area contributed by atoms with E-state index in [0.717, 1.165) is 55.3 Å². The van der Waals surface area contributed by atoms with Gasteiger partial charge in [-0.3, -0.25) is 9.69 Å². The van der Waals surface area contributed by atoms with Gasteiger partial charge in [-0.1, -0.05) is 0 Å². The molecule has 1 saturated heterocycles. The summed E-state index contributed by atoms with van der Waals surface area (Å²) in [5, 5.41) is 11.2. The molecule has 0 unspecified atom stereocenters. The fraction of sp³-hybridized carbons (Fsp3) is 0.750. The average molecular weight is 321 g/mol. The molecule has 1 N–H and O–H groups in total. The Bertz CT molecular complexity index is 549. The summed E-state index contributed by atoms with van der Waals surface area (Å²) in [6.07, 6.45) is 7.17. The second-order valence-corrected chi connectivity index (χ2v) is 7.79.